The first-order chi connectivity index (χ1) is 7.74. The van der Waals surface area contributed by atoms with Crippen molar-refractivity contribution in [3.63, 3.8) is 0 Å². The van der Waals surface area contributed by atoms with E-state index in [1.807, 2.05) is 0 Å². The summed E-state index contributed by atoms with van der Waals surface area (Å²) in [6, 6.07) is 0. The van der Waals surface area contributed by atoms with Crippen LogP contribution in [0.4, 0.5) is 0 Å². The molecule has 1 heteroatoms. The minimum absolute atomic E-state index is 1.01. The van der Waals surface area contributed by atoms with Crippen molar-refractivity contribution in [3.05, 3.63) is 0 Å². The maximum atomic E-state index is 2.42. The van der Waals surface area contributed by atoms with Crippen molar-refractivity contribution in [2.45, 2.75) is 82.2 Å². The molecule has 0 aromatic heterocycles. The summed E-state index contributed by atoms with van der Waals surface area (Å²) in [5, 5.41) is 0. The van der Waals surface area contributed by atoms with Gasteiger partial charge in [-0.05, 0) is 0 Å². The fourth-order valence-electron chi connectivity index (χ4n) is 2.37. The Kier molecular flexibility index (Phi) is 13.2. The van der Waals surface area contributed by atoms with Gasteiger partial charge in [0, 0.05) is 0 Å². The predicted octanol–water partition coefficient (Wildman–Crippen LogP) is 5.38. The zero-order chi connectivity index (χ0) is 12.2. The summed E-state index contributed by atoms with van der Waals surface area (Å²) in [4.78, 5) is 0. The number of hydrogen-bond donors (Lipinski definition) is 0. The molecule has 2 unspecified atom stereocenters. The van der Waals surface area contributed by atoms with Crippen molar-refractivity contribution in [2.24, 2.45) is 11.8 Å². The topological polar surface area (TPSA) is 0 Å². The van der Waals surface area contributed by atoms with Crippen LogP contribution in [0.25, 0.3) is 0 Å². The van der Waals surface area contributed by atoms with Crippen LogP contribution < -0.4 is 0 Å². The van der Waals surface area contributed by atoms with Gasteiger partial charge in [0.15, 0.2) is 0 Å². The van der Waals surface area contributed by atoms with E-state index in [4.69, 9.17) is 0 Å². The van der Waals surface area contributed by atoms with Crippen LogP contribution in [0.5, 0.6) is 0 Å². The summed E-state index contributed by atoms with van der Waals surface area (Å²) >= 11 is 1.39. The van der Waals surface area contributed by atoms with Crippen LogP contribution in [-0.4, -0.2) is 27.9 Å². The third-order valence-corrected chi connectivity index (χ3v) is 5.44. The van der Waals surface area contributed by atoms with Gasteiger partial charge in [0.25, 0.3) is 0 Å². The van der Waals surface area contributed by atoms with Crippen molar-refractivity contribution in [3.8, 4) is 0 Å². The summed E-state index contributed by atoms with van der Waals surface area (Å²) in [6.07, 6.45) is 13.1. The third kappa shape index (κ3) is 10.2. The zero-order valence-electron chi connectivity index (χ0n) is 12.2. The summed E-state index contributed by atoms with van der Waals surface area (Å²) < 4.78 is 1.49. The standard InChI is InChI=1S/C15H31.Na/c1-5-7-8-12-15(6-2)13-10-9-11-14(3)4;/h14-15H,3,5-13H2,1-2,4H3;. The molecule has 2 atom stereocenters. The Morgan fingerprint density at radius 1 is 0.875 bits per heavy atom. The Bertz CT molecular complexity index is 133. The van der Waals surface area contributed by atoms with E-state index in [1.165, 1.54) is 89.4 Å². The van der Waals surface area contributed by atoms with Crippen molar-refractivity contribution < 1.29 is 0 Å². The fraction of sp³-hybridized carbons (Fsp3) is 1.00. The second-order valence-corrected chi connectivity index (χ2v) is 6.38. The van der Waals surface area contributed by atoms with Crippen LogP contribution in [0.1, 0.15) is 78.6 Å². The normalized spacial score (nSPS) is 15.1. The molecule has 16 heavy (non-hydrogen) atoms. The Hall–Kier alpha value is 1.00. The number of hydrogen-bond acceptors (Lipinski definition) is 0. The van der Waals surface area contributed by atoms with E-state index in [0.717, 1.165) is 11.8 Å². The summed E-state index contributed by atoms with van der Waals surface area (Å²) in [5.74, 6) is 2.03. The molecule has 0 aliphatic carbocycles. The average molecular weight is 234 g/mol. The molecule has 0 radical (unpaired) electrons. The molecule has 0 heterocycles. The summed E-state index contributed by atoms with van der Waals surface area (Å²) in [6.45, 7) is 7.10. The Labute approximate surface area is 121 Å². The molecule has 0 aliphatic rings. The molecule has 0 amide bonds. The van der Waals surface area contributed by atoms with E-state index in [1.54, 1.807) is 0 Å². The van der Waals surface area contributed by atoms with Gasteiger partial charge in [-0.15, -0.1) is 0 Å². The van der Waals surface area contributed by atoms with E-state index in [-0.39, 0.29) is 0 Å². The van der Waals surface area contributed by atoms with Gasteiger partial charge in [-0.2, -0.15) is 0 Å². The monoisotopic (exact) mass is 234 g/mol. The van der Waals surface area contributed by atoms with Crippen molar-refractivity contribution >= 4 is 27.9 Å². The number of rotatable bonds is 11. The van der Waals surface area contributed by atoms with Crippen LogP contribution in [0.15, 0.2) is 0 Å². The molecule has 0 saturated heterocycles. The number of unbranched alkanes of at least 4 members (excludes halogenated alkanes) is 3. The Morgan fingerprint density at radius 2 is 1.44 bits per heavy atom. The first-order valence-corrected chi connectivity index (χ1v) is 9.15. The van der Waals surface area contributed by atoms with Crippen LogP contribution >= 0.6 is 0 Å². The van der Waals surface area contributed by atoms with Crippen LogP contribution in [0, 0.1) is 11.8 Å². The van der Waals surface area contributed by atoms with Crippen molar-refractivity contribution in [2.75, 3.05) is 0 Å². The van der Waals surface area contributed by atoms with Crippen LogP contribution in [0.2, 0.25) is 3.67 Å². The van der Waals surface area contributed by atoms with E-state index in [9.17, 15) is 0 Å². The molecular formula is C15H31Na. The van der Waals surface area contributed by atoms with Gasteiger partial charge in [-0.1, -0.05) is 0 Å². The second kappa shape index (κ2) is 12.5. The predicted molar refractivity (Wildman–Crippen MR) is 76.1 cm³/mol. The molecule has 0 aromatic rings. The zero-order valence-corrected chi connectivity index (χ0v) is 14.2. The van der Waals surface area contributed by atoms with Crippen molar-refractivity contribution in [1.29, 1.82) is 0 Å². The SMILES string of the molecule is CCCCCC(CC)CCCCC(C)[CH2][Na]. The maximum absolute atomic E-state index is 2.42. The quantitative estimate of drug-likeness (QED) is 0.333. The van der Waals surface area contributed by atoms with E-state index < -0.39 is 0 Å². The van der Waals surface area contributed by atoms with Crippen LogP contribution in [-0.2, 0) is 0 Å². The molecular weight excluding hydrogens is 203 g/mol. The molecule has 0 rings (SSSR count). The third-order valence-electron chi connectivity index (χ3n) is 4.05. The van der Waals surface area contributed by atoms with Gasteiger partial charge >= 0.3 is 122 Å². The Morgan fingerprint density at radius 3 is 1.94 bits per heavy atom. The fourth-order valence-corrected chi connectivity index (χ4v) is 2.77. The first-order valence-electron chi connectivity index (χ1n) is 7.74. The van der Waals surface area contributed by atoms with E-state index >= 15 is 0 Å². The van der Waals surface area contributed by atoms with E-state index in [2.05, 4.69) is 20.8 Å². The van der Waals surface area contributed by atoms with Gasteiger partial charge in [0.05, 0.1) is 0 Å². The van der Waals surface area contributed by atoms with Gasteiger partial charge in [-0.25, -0.2) is 0 Å². The molecule has 0 aliphatic heterocycles. The Balaban J connectivity index is 3.40. The van der Waals surface area contributed by atoms with Gasteiger partial charge in [-0.3, -0.25) is 0 Å². The summed E-state index contributed by atoms with van der Waals surface area (Å²) in [7, 11) is 0. The van der Waals surface area contributed by atoms with Gasteiger partial charge < -0.3 is 0 Å². The van der Waals surface area contributed by atoms with Crippen molar-refractivity contribution in [1.82, 2.24) is 0 Å². The molecule has 0 spiro atoms. The summed E-state index contributed by atoms with van der Waals surface area (Å²) in [5.41, 5.74) is 0. The molecule has 0 saturated carbocycles. The molecule has 0 N–H and O–H groups in total. The molecule has 0 fully saturated rings. The molecule has 0 bridgehead atoms. The van der Waals surface area contributed by atoms with Gasteiger partial charge in [0.2, 0.25) is 0 Å². The molecule has 0 nitrogen and oxygen atoms in total. The minimum atomic E-state index is 1.01. The average Bonchev–Trinajstić information content (AvgIpc) is 2.31. The molecule has 0 aromatic carbocycles. The second-order valence-electron chi connectivity index (χ2n) is 5.57. The first kappa shape index (κ1) is 17.0. The van der Waals surface area contributed by atoms with Gasteiger partial charge in [0.1, 0.15) is 0 Å². The van der Waals surface area contributed by atoms with E-state index in [0.29, 0.717) is 0 Å². The van der Waals surface area contributed by atoms with Crippen LogP contribution in [0.3, 0.4) is 0 Å². The molecule has 92 valence electrons.